The van der Waals surface area contributed by atoms with Gasteiger partial charge in [0.1, 0.15) is 0 Å². The summed E-state index contributed by atoms with van der Waals surface area (Å²) in [6.07, 6.45) is 6.47. The molecule has 0 aromatic rings. The van der Waals surface area contributed by atoms with Crippen LogP contribution in [0, 0.1) is 11.8 Å². The van der Waals surface area contributed by atoms with Crippen molar-refractivity contribution in [2.24, 2.45) is 17.6 Å². The molecule has 0 spiro atoms. The predicted molar refractivity (Wildman–Crippen MR) is 56.0 cm³/mol. The molecule has 3 N–H and O–H groups in total. The van der Waals surface area contributed by atoms with Crippen molar-refractivity contribution in [3.8, 4) is 0 Å². The van der Waals surface area contributed by atoms with Crippen molar-refractivity contribution in [2.45, 2.75) is 51.5 Å². The molecule has 0 saturated heterocycles. The molecule has 0 heterocycles. The van der Waals surface area contributed by atoms with Crippen LogP contribution in [0.25, 0.3) is 0 Å². The molecule has 0 aliphatic heterocycles. The van der Waals surface area contributed by atoms with Gasteiger partial charge >= 0.3 is 5.97 Å². The van der Waals surface area contributed by atoms with E-state index in [1.807, 2.05) is 0 Å². The van der Waals surface area contributed by atoms with Gasteiger partial charge < -0.3 is 10.8 Å². The number of carboxylic acid groups (broad SMARTS) is 1. The zero-order valence-electron chi connectivity index (χ0n) is 8.91. The van der Waals surface area contributed by atoms with Crippen LogP contribution in [0.15, 0.2) is 0 Å². The molecule has 1 fully saturated rings. The Bertz CT molecular complexity index is 188. The lowest BCUT2D eigenvalue weighted by Crippen LogP contribution is -2.36. The third kappa shape index (κ3) is 3.29. The molecular weight excluding hydrogens is 178 g/mol. The molecule has 1 aliphatic carbocycles. The number of hydrogen-bond acceptors (Lipinski definition) is 2. The topological polar surface area (TPSA) is 63.3 Å². The lowest BCUT2D eigenvalue weighted by Gasteiger charge is -2.30. The van der Waals surface area contributed by atoms with Crippen molar-refractivity contribution in [2.75, 3.05) is 0 Å². The summed E-state index contributed by atoms with van der Waals surface area (Å²) in [7, 11) is 0. The van der Waals surface area contributed by atoms with E-state index in [4.69, 9.17) is 10.8 Å². The fraction of sp³-hybridized carbons (Fsp3) is 0.909. The molecular formula is C11H21NO2. The maximum atomic E-state index is 10.5. The van der Waals surface area contributed by atoms with E-state index in [1.54, 1.807) is 0 Å². The number of aliphatic carboxylic acids is 1. The van der Waals surface area contributed by atoms with Crippen LogP contribution in [-0.2, 0) is 4.79 Å². The number of nitrogens with two attached hydrogens (primary N) is 1. The van der Waals surface area contributed by atoms with E-state index in [-0.39, 0.29) is 12.5 Å². The van der Waals surface area contributed by atoms with Gasteiger partial charge in [0.05, 0.1) is 6.42 Å². The molecule has 0 bridgehead atoms. The smallest absolute Gasteiger partial charge is 0.304 e. The Labute approximate surface area is 85.7 Å². The molecule has 1 rings (SSSR count). The quantitative estimate of drug-likeness (QED) is 0.728. The third-order valence-electron chi connectivity index (χ3n) is 3.48. The summed E-state index contributed by atoms with van der Waals surface area (Å²) in [5.41, 5.74) is 5.87. The summed E-state index contributed by atoms with van der Waals surface area (Å²) in [4.78, 5) is 10.5. The lowest BCUT2D eigenvalue weighted by molar-refractivity contribution is -0.137. The first kappa shape index (κ1) is 11.5. The van der Waals surface area contributed by atoms with Crippen molar-refractivity contribution >= 4 is 5.97 Å². The van der Waals surface area contributed by atoms with E-state index in [2.05, 4.69) is 6.92 Å². The van der Waals surface area contributed by atoms with Crippen LogP contribution in [0.5, 0.6) is 0 Å². The Kier molecular flexibility index (Phi) is 4.39. The predicted octanol–water partition coefficient (Wildman–Crippen LogP) is 2.00. The summed E-state index contributed by atoms with van der Waals surface area (Å²) in [5, 5.41) is 8.65. The molecule has 0 aromatic carbocycles. The molecule has 2 atom stereocenters. The average molecular weight is 199 g/mol. The summed E-state index contributed by atoms with van der Waals surface area (Å²) in [5.74, 6) is 0.227. The Morgan fingerprint density at radius 1 is 1.43 bits per heavy atom. The zero-order chi connectivity index (χ0) is 10.6. The van der Waals surface area contributed by atoms with Gasteiger partial charge in [-0.25, -0.2) is 0 Å². The van der Waals surface area contributed by atoms with Crippen molar-refractivity contribution in [3.05, 3.63) is 0 Å². The van der Waals surface area contributed by atoms with Crippen LogP contribution in [0.2, 0.25) is 0 Å². The highest BCUT2D eigenvalue weighted by atomic mass is 16.4. The molecule has 0 radical (unpaired) electrons. The summed E-state index contributed by atoms with van der Waals surface area (Å²) < 4.78 is 0. The fourth-order valence-electron chi connectivity index (χ4n) is 2.40. The fourth-order valence-corrected chi connectivity index (χ4v) is 2.40. The first-order valence-corrected chi connectivity index (χ1v) is 5.58. The third-order valence-corrected chi connectivity index (χ3v) is 3.48. The second-order valence-electron chi connectivity index (χ2n) is 4.52. The van der Waals surface area contributed by atoms with Crippen molar-refractivity contribution in [1.29, 1.82) is 0 Å². The monoisotopic (exact) mass is 199 g/mol. The van der Waals surface area contributed by atoms with Crippen LogP contribution in [0.3, 0.4) is 0 Å². The van der Waals surface area contributed by atoms with Gasteiger partial charge in [-0.1, -0.05) is 39.0 Å². The van der Waals surface area contributed by atoms with Gasteiger partial charge in [-0.2, -0.15) is 0 Å². The average Bonchev–Trinajstić information content (AvgIpc) is 2.17. The van der Waals surface area contributed by atoms with Gasteiger partial charge in [-0.15, -0.1) is 0 Å². The normalized spacial score (nSPS) is 23.0. The Hall–Kier alpha value is -0.570. The van der Waals surface area contributed by atoms with Crippen molar-refractivity contribution < 1.29 is 9.90 Å². The molecule has 3 heteroatoms. The summed E-state index contributed by atoms with van der Waals surface area (Å²) in [6, 6.07) is -0.171. The van der Waals surface area contributed by atoms with Crippen LogP contribution in [-0.4, -0.2) is 17.1 Å². The second-order valence-corrected chi connectivity index (χ2v) is 4.52. The van der Waals surface area contributed by atoms with Gasteiger partial charge in [0, 0.05) is 6.04 Å². The maximum Gasteiger partial charge on any atom is 0.304 e. The van der Waals surface area contributed by atoms with Gasteiger partial charge in [-0.05, 0) is 11.8 Å². The first-order chi connectivity index (χ1) is 6.61. The lowest BCUT2D eigenvalue weighted by atomic mass is 9.77. The largest absolute Gasteiger partial charge is 0.481 e. The highest BCUT2D eigenvalue weighted by Crippen LogP contribution is 2.31. The van der Waals surface area contributed by atoms with Crippen LogP contribution in [0.4, 0.5) is 0 Å². The molecule has 0 aromatic heterocycles. The molecule has 1 aliphatic rings. The minimum atomic E-state index is -0.778. The van der Waals surface area contributed by atoms with E-state index < -0.39 is 5.97 Å². The molecule has 3 nitrogen and oxygen atoms in total. The van der Waals surface area contributed by atoms with Gasteiger partial charge in [0.15, 0.2) is 0 Å². The number of hydrogen-bond donors (Lipinski definition) is 2. The molecule has 14 heavy (non-hydrogen) atoms. The Balaban J connectivity index is 2.37. The van der Waals surface area contributed by atoms with Gasteiger partial charge in [0.2, 0.25) is 0 Å². The van der Waals surface area contributed by atoms with Crippen molar-refractivity contribution in [1.82, 2.24) is 0 Å². The highest BCUT2D eigenvalue weighted by molar-refractivity contribution is 5.67. The zero-order valence-corrected chi connectivity index (χ0v) is 8.91. The maximum absolute atomic E-state index is 10.5. The molecule has 1 saturated carbocycles. The summed E-state index contributed by atoms with van der Waals surface area (Å²) in [6.45, 7) is 2.10. The van der Waals surface area contributed by atoms with E-state index in [0.29, 0.717) is 11.8 Å². The number of carbonyl (C=O) groups is 1. The van der Waals surface area contributed by atoms with Crippen LogP contribution >= 0.6 is 0 Å². The highest BCUT2D eigenvalue weighted by Gasteiger charge is 2.25. The molecule has 0 unspecified atom stereocenters. The van der Waals surface area contributed by atoms with Crippen LogP contribution < -0.4 is 5.73 Å². The minimum Gasteiger partial charge on any atom is -0.481 e. The van der Waals surface area contributed by atoms with E-state index >= 15 is 0 Å². The van der Waals surface area contributed by atoms with Crippen LogP contribution in [0.1, 0.15) is 45.4 Å². The SMILES string of the molecule is C[C@@H](C1CCCCC1)[C@H](N)CC(=O)O. The van der Waals surface area contributed by atoms with Gasteiger partial charge in [0.25, 0.3) is 0 Å². The second kappa shape index (κ2) is 5.35. The van der Waals surface area contributed by atoms with E-state index in [9.17, 15) is 4.79 Å². The van der Waals surface area contributed by atoms with E-state index in [1.165, 1.54) is 32.1 Å². The summed E-state index contributed by atoms with van der Waals surface area (Å²) >= 11 is 0. The number of rotatable bonds is 4. The number of carboxylic acids is 1. The minimum absolute atomic E-state index is 0.109. The Morgan fingerprint density at radius 2 is 2.00 bits per heavy atom. The van der Waals surface area contributed by atoms with E-state index in [0.717, 1.165) is 0 Å². The first-order valence-electron chi connectivity index (χ1n) is 5.58. The standard InChI is InChI=1S/C11H21NO2/c1-8(10(12)7-11(13)14)9-5-3-2-4-6-9/h8-10H,2-7,12H2,1H3,(H,13,14)/t8-,10+/m0/s1. The van der Waals surface area contributed by atoms with Crippen molar-refractivity contribution in [3.63, 3.8) is 0 Å². The Morgan fingerprint density at radius 3 is 2.50 bits per heavy atom. The molecule has 82 valence electrons. The van der Waals surface area contributed by atoms with Gasteiger partial charge in [-0.3, -0.25) is 4.79 Å². The molecule has 0 amide bonds.